The number of anilines is 1. The summed E-state index contributed by atoms with van der Waals surface area (Å²) in [5.41, 5.74) is 5.10. The third-order valence-electron chi connectivity index (χ3n) is 6.23. The van der Waals surface area contributed by atoms with Gasteiger partial charge in [-0.2, -0.15) is 0 Å². The molecule has 0 unspecified atom stereocenters. The Morgan fingerprint density at radius 3 is 2.82 bits per heavy atom. The Hall–Kier alpha value is -3.05. The first-order valence-corrected chi connectivity index (χ1v) is 12.2. The van der Waals surface area contributed by atoms with Gasteiger partial charge in [0.25, 0.3) is 5.91 Å². The summed E-state index contributed by atoms with van der Waals surface area (Å²) in [6.45, 7) is 8.33. The highest BCUT2D eigenvalue weighted by molar-refractivity contribution is 6.06. The first-order chi connectivity index (χ1) is 16.2. The molecule has 1 aromatic heterocycles. The van der Waals surface area contributed by atoms with E-state index in [0.717, 1.165) is 67.7 Å². The quantitative estimate of drug-likeness (QED) is 0.351. The summed E-state index contributed by atoms with van der Waals surface area (Å²) in [7, 11) is 0. The number of carbonyl (C=O) groups excluding carboxylic acids is 1. The van der Waals surface area contributed by atoms with Gasteiger partial charge in [-0.15, -0.1) is 0 Å². The average Bonchev–Trinajstić information content (AvgIpc) is 3.26. The zero-order chi connectivity index (χ0) is 23.0. The smallest absolute Gasteiger partial charge is 0.255 e. The molecule has 0 saturated carbocycles. The van der Waals surface area contributed by atoms with Crippen molar-refractivity contribution < 1.29 is 9.53 Å². The molecule has 0 fully saturated rings. The molecule has 0 radical (unpaired) electrons. The topological polar surface area (TPSA) is 57.4 Å². The molecule has 4 rings (SSSR count). The molecular weight excluding hydrogens is 410 g/mol. The van der Waals surface area contributed by atoms with E-state index in [1.165, 1.54) is 17.6 Å². The van der Waals surface area contributed by atoms with E-state index in [1.54, 1.807) is 0 Å². The lowest BCUT2D eigenvalue weighted by atomic mass is 9.98. The van der Waals surface area contributed by atoms with E-state index < -0.39 is 0 Å². The third-order valence-corrected chi connectivity index (χ3v) is 6.23. The van der Waals surface area contributed by atoms with Crippen LogP contribution in [0.2, 0.25) is 0 Å². The second kappa shape index (κ2) is 11.2. The number of rotatable bonds is 10. The number of fused-ring (bicyclic) bond motifs is 1. The number of nitrogens with one attached hydrogen (secondary N) is 2. The summed E-state index contributed by atoms with van der Waals surface area (Å²) in [4.78, 5) is 18.8. The highest BCUT2D eigenvalue weighted by Gasteiger charge is 2.16. The maximum atomic E-state index is 12.9. The largest absolute Gasteiger partial charge is 0.494 e. The van der Waals surface area contributed by atoms with E-state index >= 15 is 0 Å². The molecule has 0 saturated heterocycles. The zero-order valence-corrected chi connectivity index (χ0v) is 19.8. The van der Waals surface area contributed by atoms with Crippen LogP contribution in [0.25, 0.3) is 16.5 Å². The van der Waals surface area contributed by atoms with E-state index in [-0.39, 0.29) is 5.91 Å². The summed E-state index contributed by atoms with van der Waals surface area (Å²) < 4.78 is 5.81. The fourth-order valence-electron chi connectivity index (χ4n) is 4.41. The summed E-state index contributed by atoms with van der Waals surface area (Å²) in [6.07, 6.45) is 10.0. The van der Waals surface area contributed by atoms with Crippen LogP contribution >= 0.6 is 0 Å². The Morgan fingerprint density at radius 1 is 1.12 bits per heavy atom. The minimum absolute atomic E-state index is 0.127. The summed E-state index contributed by atoms with van der Waals surface area (Å²) in [5.74, 6) is 0.612. The van der Waals surface area contributed by atoms with Gasteiger partial charge in [-0.05, 0) is 67.8 Å². The number of amides is 1. The van der Waals surface area contributed by atoms with Gasteiger partial charge in [0, 0.05) is 47.0 Å². The summed E-state index contributed by atoms with van der Waals surface area (Å²) >= 11 is 0. The number of hydrogen-bond donors (Lipinski definition) is 2. The second-order valence-electron chi connectivity index (χ2n) is 8.78. The molecule has 1 aliphatic rings. The minimum Gasteiger partial charge on any atom is -0.494 e. The standard InChI is InChI=1S/C28H35N3O2/c1-3-5-6-17-33-24-9-7-8-22(18-24)28(32)30-23-10-11-27-25(19-23)26(20-29-27)21-12-15-31(14-4-2)16-13-21/h7-12,18-20,29H,3-6,13-17H2,1-2H3,(H,30,32). The van der Waals surface area contributed by atoms with Gasteiger partial charge < -0.3 is 15.0 Å². The van der Waals surface area contributed by atoms with Crippen molar-refractivity contribution in [3.8, 4) is 5.75 Å². The van der Waals surface area contributed by atoms with Crippen molar-refractivity contribution in [3.05, 3.63) is 65.9 Å². The molecule has 2 heterocycles. The Bertz CT molecular complexity index is 1120. The lowest BCUT2D eigenvalue weighted by molar-refractivity contribution is 0.102. The number of carbonyl (C=O) groups is 1. The van der Waals surface area contributed by atoms with Gasteiger partial charge in [0.2, 0.25) is 0 Å². The van der Waals surface area contributed by atoms with Crippen LogP contribution < -0.4 is 10.1 Å². The molecule has 0 spiro atoms. The molecule has 3 aromatic rings. The number of aromatic nitrogens is 1. The minimum atomic E-state index is -0.127. The fourth-order valence-corrected chi connectivity index (χ4v) is 4.41. The van der Waals surface area contributed by atoms with E-state index in [2.05, 4.69) is 47.4 Å². The Labute approximate surface area is 196 Å². The molecule has 0 aliphatic carbocycles. The molecular formula is C28H35N3O2. The lowest BCUT2D eigenvalue weighted by Gasteiger charge is -2.25. The van der Waals surface area contributed by atoms with E-state index in [9.17, 15) is 4.79 Å². The summed E-state index contributed by atoms with van der Waals surface area (Å²) in [5, 5.41) is 4.21. The van der Waals surface area contributed by atoms with Crippen molar-refractivity contribution in [1.29, 1.82) is 0 Å². The van der Waals surface area contributed by atoms with E-state index in [0.29, 0.717) is 12.2 Å². The van der Waals surface area contributed by atoms with Gasteiger partial charge in [0.1, 0.15) is 5.75 Å². The fraction of sp³-hybridized carbons (Fsp3) is 0.393. The number of ether oxygens (including phenoxy) is 1. The number of aromatic amines is 1. The van der Waals surface area contributed by atoms with Crippen molar-refractivity contribution in [3.63, 3.8) is 0 Å². The van der Waals surface area contributed by atoms with Crippen LogP contribution in [0.15, 0.2) is 54.7 Å². The van der Waals surface area contributed by atoms with Gasteiger partial charge in [0.05, 0.1) is 6.61 Å². The summed E-state index contributed by atoms with van der Waals surface area (Å²) in [6, 6.07) is 13.5. The normalized spacial score (nSPS) is 14.3. The van der Waals surface area contributed by atoms with Crippen molar-refractivity contribution in [2.24, 2.45) is 0 Å². The molecule has 5 nitrogen and oxygen atoms in total. The predicted octanol–water partition coefficient (Wildman–Crippen LogP) is 6.49. The highest BCUT2D eigenvalue weighted by atomic mass is 16.5. The van der Waals surface area contributed by atoms with Crippen LogP contribution in [0.4, 0.5) is 5.69 Å². The molecule has 2 aromatic carbocycles. The maximum Gasteiger partial charge on any atom is 0.255 e. The highest BCUT2D eigenvalue weighted by Crippen LogP contribution is 2.31. The number of H-pyrrole nitrogens is 1. The Balaban J connectivity index is 1.46. The number of hydrogen-bond acceptors (Lipinski definition) is 3. The molecule has 2 N–H and O–H groups in total. The molecule has 0 atom stereocenters. The van der Waals surface area contributed by atoms with Gasteiger partial charge in [0.15, 0.2) is 0 Å². The Kier molecular flexibility index (Phi) is 7.84. The second-order valence-corrected chi connectivity index (χ2v) is 8.78. The lowest BCUT2D eigenvalue weighted by Crippen LogP contribution is -2.29. The number of nitrogens with zero attached hydrogens (tertiary/aromatic N) is 1. The van der Waals surface area contributed by atoms with Gasteiger partial charge in [-0.25, -0.2) is 0 Å². The van der Waals surface area contributed by atoms with Crippen LogP contribution in [0.1, 0.15) is 61.9 Å². The van der Waals surface area contributed by atoms with Crippen LogP contribution in [0.5, 0.6) is 5.75 Å². The maximum absolute atomic E-state index is 12.9. The number of benzene rings is 2. The molecule has 1 aliphatic heterocycles. The Morgan fingerprint density at radius 2 is 2.03 bits per heavy atom. The molecule has 174 valence electrons. The third kappa shape index (κ3) is 5.85. The SMILES string of the molecule is CCCCCOc1cccc(C(=O)Nc2ccc3[nH]cc(C4=CCN(CCC)CC4)c3c2)c1. The predicted molar refractivity (Wildman–Crippen MR) is 137 cm³/mol. The van der Waals surface area contributed by atoms with Gasteiger partial charge >= 0.3 is 0 Å². The molecule has 0 bridgehead atoms. The van der Waals surface area contributed by atoms with Gasteiger partial charge in [-0.1, -0.05) is 38.8 Å². The zero-order valence-electron chi connectivity index (χ0n) is 19.8. The van der Waals surface area contributed by atoms with Crippen LogP contribution in [-0.4, -0.2) is 42.0 Å². The van der Waals surface area contributed by atoms with Crippen molar-refractivity contribution in [2.45, 2.75) is 46.0 Å². The average molecular weight is 446 g/mol. The molecule has 5 heteroatoms. The molecule has 33 heavy (non-hydrogen) atoms. The van der Waals surface area contributed by atoms with Crippen molar-refractivity contribution >= 4 is 28.1 Å². The van der Waals surface area contributed by atoms with Crippen molar-refractivity contribution in [2.75, 3.05) is 31.6 Å². The van der Waals surface area contributed by atoms with Crippen molar-refractivity contribution in [1.82, 2.24) is 9.88 Å². The molecule has 1 amide bonds. The van der Waals surface area contributed by atoms with Crippen LogP contribution in [0.3, 0.4) is 0 Å². The van der Waals surface area contributed by atoms with Crippen LogP contribution in [0, 0.1) is 0 Å². The van der Waals surface area contributed by atoms with E-state index in [1.807, 2.05) is 36.4 Å². The first-order valence-electron chi connectivity index (χ1n) is 12.2. The number of unbranched alkanes of at least 4 members (excludes halogenated alkanes) is 2. The first kappa shape index (κ1) is 23.1. The van der Waals surface area contributed by atoms with E-state index in [4.69, 9.17) is 4.74 Å². The van der Waals surface area contributed by atoms with Gasteiger partial charge in [-0.3, -0.25) is 9.69 Å². The monoisotopic (exact) mass is 445 g/mol. The van der Waals surface area contributed by atoms with Crippen LogP contribution in [-0.2, 0) is 0 Å².